The van der Waals surface area contributed by atoms with Crippen molar-refractivity contribution in [2.75, 3.05) is 12.4 Å². The van der Waals surface area contributed by atoms with E-state index < -0.39 is 10.8 Å². The van der Waals surface area contributed by atoms with Gasteiger partial charge >= 0.3 is 0 Å². The summed E-state index contributed by atoms with van der Waals surface area (Å²) >= 11 is 0. The SMILES string of the molecule is CC.NOCCCS(=O)c1ccccc1. The number of rotatable bonds is 5. The average molecular weight is 229 g/mol. The second kappa shape index (κ2) is 9.83. The average Bonchev–Trinajstić information content (AvgIpc) is 2.33. The lowest BCUT2D eigenvalue weighted by Crippen LogP contribution is -2.06. The van der Waals surface area contributed by atoms with Gasteiger partial charge in [0.15, 0.2) is 0 Å². The van der Waals surface area contributed by atoms with Crippen LogP contribution in [0.3, 0.4) is 0 Å². The molecule has 2 N–H and O–H groups in total. The van der Waals surface area contributed by atoms with Crippen LogP contribution in [0.5, 0.6) is 0 Å². The molecule has 0 bridgehead atoms. The van der Waals surface area contributed by atoms with Gasteiger partial charge in [0.05, 0.1) is 17.4 Å². The maximum absolute atomic E-state index is 11.5. The molecule has 1 unspecified atom stereocenters. The van der Waals surface area contributed by atoms with E-state index in [4.69, 9.17) is 5.90 Å². The normalized spacial score (nSPS) is 11.4. The van der Waals surface area contributed by atoms with E-state index in [-0.39, 0.29) is 0 Å². The van der Waals surface area contributed by atoms with E-state index in [1.54, 1.807) is 0 Å². The second-order valence-corrected chi connectivity index (χ2v) is 4.16. The molecule has 4 heteroatoms. The molecular weight excluding hydrogens is 210 g/mol. The quantitative estimate of drug-likeness (QED) is 0.621. The molecule has 0 amide bonds. The van der Waals surface area contributed by atoms with Gasteiger partial charge in [0, 0.05) is 10.6 Å². The predicted molar refractivity (Wildman–Crippen MR) is 63.8 cm³/mol. The molecule has 0 saturated heterocycles. The van der Waals surface area contributed by atoms with E-state index >= 15 is 0 Å². The summed E-state index contributed by atoms with van der Waals surface area (Å²) in [5.41, 5.74) is 0. The Kier molecular flexibility index (Phi) is 9.36. The van der Waals surface area contributed by atoms with Crippen molar-refractivity contribution in [3.05, 3.63) is 30.3 Å². The van der Waals surface area contributed by atoms with Gasteiger partial charge < -0.3 is 4.84 Å². The number of hydrogen-bond acceptors (Lipinski definition) is 3. The Hall–Kier alpha value is -0.710. The van der Waals surface area contributed by atoms with Crippen LogP contribution >= 0.6 is 0 Å². The van der Waals surface area contributed by atoms with Gasteiger partial charge in [-0.05, 0) is 18.6 Å². The van der Waals surface area contributed by atoms with Crippen molar-refractivity contribution in [3.63, 3.8) is 0 Å². The molecule has 1 atom stereocenters. The zero-order valence-corrected chi connectivity index (χ0v) is 10.1. The molecule has 0 aromatic heterocycles. The molecule has 0 aliphatic heterocycles. The molecular formula is C11H19NO2S. The molecule has 0 saturated carbocycles. The van der Waals surface area contributed by atoms with Crippen LogP contribution in [0.15, 0.2) is 35.2 Å². The Morgan fingerprint density at radius 2 is 1.87 bits per heavy atom. The summed E-state index contributed by atoms with van der Waals surface area (Å²) in [6, 6.07) is 9.39. The third-order valence-corrected chi connectivity index (χ3v) is 3.06. The van der Waals surface area contributed by atoms with Crippen LogP contribution in [-0.2, 0) is 15.6 Å². The summed E-state index contributed by atoms with van der Waals surface area (Å²) in [4.78, 5) is 5.25. The topological polar surface area (TPSA) is 52.3 Å². The fourth-order valence-corrected chi connectivity index (χ4v) is 2.04. The van der Waals surface area contributed by atoms with Crippen LogP contribution in [0.4, 0.5) is 0 Å². The Labute approximate surface area is 94.0 Å². The lowest BCUT2D eigenvalue weighted by Gasteiger charge is -2.00. The van der Waals surface area contributed by atoms with Crippen LogP contribution in [0, 0.1) is 0 Å². The maximum atomic E-state index is 11.5. The zero-order valence-electron chi connectivity index (χ0n) is 9.31. The minimum atomic E-state index is -0.920. The third kappa shape index (κ3) is 6.38. The highest BCUT2D eigenvalue weighted by molar-refractivity contribution is 7.85. The van der Waals surface area contributed by atoms with Crippen molar-refractivity contribution in [3.8, 4) is 0 Å². The lowest BCUT2D eigenvalue weighted by molar-refractivity contribution is 0.139. The molecule has 0 heterocycles. The highest BCUT2D eigenvalue weighted by Crippen LogP contribution is 2.06. The van der Waals surface area contributed by atoms with Crippen LogP contribution in [0.1, 0.15) is 20.3 Å². The Morgan fingerprint density at radius 3 is 2.40 bits per heavy atom. The maximum Gasteiger partial charge on any atom is 0.0688 e. The summed E-state index contributed by atoms with van der Waals surface area (Å²) in [5.74, 6) is 5.45. The molecule has 0 aliphatic carbocycles. The van der Waals surface area contributed by atoms with Gasteiger partial charge in [0.25, 0.3) is 0 Å². The summed E-state index contributed by atoms with van der Waals surface area (Å²) < 4.78 is 11.5. The van der Waals surface area contributed by atoms with E-state index in [2.05, 4.69) is 4.84 Å². The smallest absolute Gasteiger partial charge is 0.0688 e. The fraction of sp³-hybridized carbons (Fsp3) is 0.455. The number of benzene rings is 1. The summed E-state index contributed by atoms with van der Waals surface area (Å²) in [5, 5.41) is 0. The fourth-order valence-electron chi connectivity index (χ4n) is 0.963. The lowest BCUT2D eigenvalue weighted by atomic mass is 10.4. The first-order valence-corrected chi connectivity index (χ1v) is 6.41. The van der Waals surface area contributed by atoms with E-state index in [0.717, 1.165) is 11.3 Å². The molecule has 0 spiro atoms. The van der Waals surface area contributed by atoms with Crippen LogP contribution in [-0.4, -0.2) is 16.6 Å². The third-order valence-electron chi connectivity index (χ3n) is 1.60. The van der Waals surface area contributed by atoms with Gasteiger partial charge in [0.2, 0.25) is 0 Å². The van der Waals surface area contributed by atoms with Crippen LogP contribution < -0.4 is 5.90 Å². The van der Waals surface area contributed by atoms with Crippen molar-refractivity contribution in [2.45, 2.75) is 25.2 Å². The molecule has 1 aromatic carbocycles. The van der Waals surface area contributed by atoms with Gasteiger partial charge in [-0.1, -0.05) is 32.0 Å². The highest BCUT2D eigenvalue weighted by atomic mass is 32.2. The summed E-state index contributed by atoms with van der Waals surface area (Å²) in [6.07, 6.45) is 0.720. The minimum Gasteiger partial charge on any atom is -0.305 e. The van der Waals surface area contributed by atoms with Crippen molar-refractivity contribution < 1.29 is 9.05 Å². The van der Waals surface area contributed by atoms with Gasteiger partial charge in [-0.2, -0.15) is 0 Å². The van der Waals surface area contributed by atoms with E-state index in [1.165, 1.54) is 0 Å². The Balaban J connectivity index is 0.000000921. The van der Waals surface area contributed by atoms with Crippen molar-refractivity contribution in [2.24, 2.45) is 5.90 Å². The Bertz CT molecular complexity index is 265. The Morgan fingerprint density at radius 1 is 1.27 bits per heavy atom. The summed E-state index contributed by atoms with van der Waals surface area (Å²) in [6.45, 7) is 4.46. The van der Waals surface area contributed by atoms with Crippen LogP contribution in [0.2, 0.25) is 0 Å². The van der Waals surface area contributed by atoms with E-state index in [9.17, 15) is 4.21 Å². The standard InChI is InChI=1S/C9H13NO2S.C2H6/c10-12-7-4-8-13(11)9-5-2-1-3-6-9;1-2/h1-3,5-6H,4,7-8,10H2;1-2H3. The largest absolute Gasteiger partial charge is 0.305 e. The number of hydrogen-bond donors (Lipinski definition) is 1. The molecule has 0 radical (unpaired) electrons. The molecule has 1 rings (SSSR count). The van der Waals surface area contributed by atoms with Gasteiger partial charge in [-0.25, -0.2) is 5.90 Å². The van der Waals surface area contributed by atoms with Crippen molar-refractivity contribution >= 4 is 10.8 Å². The molecule has 0 fully saturated rings. The molecule has 86 valence electrons. The minimum absolute atomic E-state index is 0.457. The van der Waals surface area contributed by atoms with E-state index in [0.29, 0.717) is 12.4 Å². The highest BCUT2D eigenvalue weighted by Gasteiger charge is 2.01. The second-order valence-electron chi connectivity index (χ2n) is 2.59. The molecule has 0 aliphatic rings. The van der Waals surface area contributed by atoms with Crippen molar-refractivity contribution in [1.29, 1.82) is 0 Å². The first-order chi connectivity index (χ1) is 7.34. The summed E-state index contributed by atoms with van der Waals surface area (Å²) in [7, 11) is -0.920. The van der Waals surface area contributed by atoms with Crippen molar-refractivity contribution in [1.82, 2.24) is 0 Å². The predicted octanol–water partition coefficient (Wildman–Crippen LogP) is 2.10. The monoisotopic (exact) mass is 229 g/mol. The molecule has 1 aromatic rings. The number of nitrogens with two attached hydrogens (primary N) is 1. The van der Waals surface area contributed by atoms with Crippen LogP contribution in [0.25, 0.3) is 0 Å². The molecule has 3 nitrogen and oxygen atoms in total. The first-order valence-electron chi connectivity index (χ1n) is 5.09. The van der Waals surface area contributed by atoms with Gasteiger partial charge in [-0.3, -0.25) is 4.21 Å². The van der Waals surface area contributed by atoms with Gasteiger partial charge in [-0.15, -0.1) is 0 Å². The zero-order chi connectivity index (χ0) is 11.5. The van der Waals surface area contributed by atoms with Gasteiger partial charge in [0.1, 0.15) is 0 Å². The molecule has 15 heavy (non-hydrogen) atoms. The first kappa shape index (κ1) is 14.3. The van der Waals surface area contributed by atoms with E-state index in [1.807, 2.05) is 44.2 Å².